The Labute approximate surface area is 123 Å². The van der Waals surface area contributed by atoms with Gasteiger partial charge in [0.1, 0.15) is 17.0 Å². The molecule has 5 nitrogen and oxygen atoms in total. The third kappa shape index (κ3) is 3.23. The van der Waals surface area contributed by atoms with Gasteiger partial charge in [-0.15, -0.1) is 11.3 Å². The average molecular weight is 345 g/mol. The van der Waals surface area contributed by atoms with Crippen LogP contribution in [0.2, 0.25) is 0 Å². The van der Waals surface area contributed by atoms with Crippen LogP contribution in [0.5, 0.6) is 0 Å². The van der Waals surface area contributed by atoms with Gasteiger partial charge in [-0.3, -0.25) is 4.90 Å². The molecule has 0 bridgehead atoms. The van der Waals surface area contributed by atoms with Gasteiger partial charge in [-0.1, -0.05) is 5.16 Å². The van der Waals surface area contributed by atoms with E-state index < -0.39 is 5.97 Å². The van der Waals surface area contributed by atoms with Crippen molar-refractivity contribution in [1.82, 2.24) is 10.1 Å². The lowest BCUT2D eigenvalue weighted by Gasteiger charge is -2.14. The molecule has 0 atom stereocenters. The number of hydrogen-bond acceptors (Lipinski definition) is 5. The minimum absolute atomic E-state index is 0.164. The van der Waals surface area contributed by atoms with Crippen molar-refractivity contribution in [1.29, 1.82) is 0 Å². The topological polar surface area (TPSA) is 66.6 Å². The SMILES string of the molecule is Cc1onc(CN(C)Cc2sccc2Br)c1C(=O)O. The molecule has 0 saturated carbocycles. The fourth-order valence-electron chi connectivity index (χ4n) is 1.79. The molecule has 0 radical (unpaired) electrons. The molecule has 102 valence electrons. The second-order valence-electron chi connectivity index (χ2n) is 4.23. The number of halogens is 1. The number of rotatable bonds is 5. The highest BCUT2D eigenvalue weighted by Gasteiger charge is 2.20. The van der Waals surface area contributed by atoms with Crippen molar-refractivity contribution in [2.75, 3.05) is 7.05 Å². The number of carbonyl (C=O) groups is 1. The van der Waals surface area contributed by atoms with Crippen molar-refractivity contribution >= 4 is 33.2 Å². The van der Waals surface area contributed by atoms with Gasteiger partial charge in [-0.2, -0.15) is 0 Å². The van der Waals surface area contributed by atoms with Crippen molar-refractivity contribution in [3.63, 3.8) is 0 Å². The molecule has 2 heterocycles. The smallest absolute Gasteiger partial charge is 0.341 e. The summed E-state index contributed by atoms with van der Waals surface area (Å²) in [6, 6.07) is 2.00. The zero-order valence-electron chi connectivity index (χ0n) is 10.5. The van der Waals surface area contributed by atoms with Gasteiger partial charge in [-0.05, 0) is 41.3 Å². The Morgan fingerprint density at radius 1 is 1.58 bits per heavy atom. The van der Waals surface area contributed by atoms with Crippen LogP contribution in [0.3, 0.4) is 0 Å². The number of carboxylic acids is 1. The summed E-state index contributed by atoms with van der Waals surface area (Å²) in [4.78, 5) is 14.3. The van der Waals surface area contributed by atoms with E-state index in [1.165, 1.54) is 4.88 Å². The van der Waals surface area contributed by atoms with E-state index in [1.807, 2.05) is 23.4 Å². The van der Waals surface area contributed by atoms with Crippen LogP contribution in [0.25, 0.3) is 0 Å². The van der Waals surface area contributed by atoms with Crippen LogP contribution in [-0.4, -0.2) is 28.2 Å². The number of aromatic nitrogens is 1. The molecule has 0 spiro atoms. The average Bonchev–Trinajstić information content (AvgIpc) is 2.86. The van der Waals surface area contributed by atoms with Gasteiger partial charge in [-0.25, -0.2) is 4.79 Å². The van der Waals surface area contributed by atoms with Gasteiger partial charge >= 0.3 is 5.97 Å². The molecule has 0 saturated heterocycles. The van der Waals surface area contributed by atoms with Crippen LogP contribution < -0.4 is 0 Å². The second-order valence-corrected chi connectivity index (χ2v) is 6.08. The first-order chi connectivity index (χ1) is 8.99. The number of aromatic carboxylic acids is 1. The van der Waals surface area contributed by atoms with E-state index in [0.717, 1.165) is 11.0 Å². The molecular weight excluding hydrogens is 332 g/mol. The minimum Gasteiger partial charge on any atom is -0.477 e. The zero-order chi connectivity index (χ0) is 14.0. The maximum atomic E-state index is 11.1. The molecular formula is C12H13BrN2O3S. The van der Waals surface area contributed by atoms with Gasteiger partial charge in [0.15, 0.2) is 0 Å². The summed E-state index contributed by atoms with van der Waals surface area (Å²) in [5, 5.41) is 15.0. The van der Waals surface area contributed by atoms with E-state index in [1.54, 1.807) is 18.3 Å². The number of thiophene rings is 1. The molecule has 19 heavy (non-hydrogen) atoms. The lowest BCUT2D eigenvalue weighted by Crippen LogP contribution is -2.18. The molecule has 0 aliphatic heterocycles. The molecule has 7 heteroatoms. The van der Waals surface area contributed by atoms with Gasteiger partial charge in [0.2, 0.25) is 0 Å². The third-order valence-corrected chi connectivity index (χ3v) is 4.58. The fourth-order valence-corrected chi connectivity index (χ4v) is 3.35. The molecule has 1 N–H and O–H groups in total. The van der Waals surface area contributed by atoms with Crippen molar-refractivity contribution in [3.8, 4) is 0 Å². The lowest BCUT2D eigenvalue weighted by molar-refractivity contribution is 0.0693. The summed E-state index contributed by atoms with van der Waals surface area (Å²) in [5.74, 6) is -0.660. The van der Waals surface area contributed by atoms with Crippen molar-refractivity contribution in [2.45, 2.75) is 20.0 Å². The molecule has 0 fully saturated rings. The first-order valence-corrected chi connectivity index (χ1v) is 7.25. The Morgan fingerprint density at radius 2 is 2.32 bits per heavy atom. The minimum atomic E-state index is -1.00. The Morgan fingerprint density at radius 3 is 2.89 bits per heavy atom. The van der Waals surface area contributed by atoms with E-state index in [2.05, 4.69) is 21.1 Å². The van der Waals surface area contributed by atoms with Gasteiger partial charge in [0.05, 0.1) is 0 Å². The van der Waals surface area contributed by atoms with Crippen LogP contribution in [-0.2, 0) is 13.1 Å². The molecule has 0 aliphatic rings. The maximum Gasteiger partial charge on any atom is 0.341 e. The van der Waals surface area contributed by atoms with Crippen LogP contribution >= 0.6 is 27.3 Å². The molecule has 2 aromatic heterocycles. The largest absolute Gasteiger partial charge is 0.477 e. The number of hydrogen-bond donors (Lipinski definition) is 1. The number of aryl methyl sites for hydroxylation is 1. The number of carboxylic acid groups (broad SMARTS) is 1. The Bertz CT molecular complexity index is 594. The molecule has 0 aromatic carbocycles. The number of nitrogens with zero attached hydrogens (tertiary/aromatic N) is 2. The highest BCUT2D eigenvalue weighted by molar-refractivity contribution is 9.10. The van der Waals surface area contributed by atoms with Crippen LogP contribution in [0, 0.1) is 6.92 Å². The van der Waals surface area contributed by atoms with E-state index in [4.69, 9.17) is 9.63 Å². The quantitative estimate of drug-likeness (QED) is 0.902. The van der Waals surface area contributed by atoms with Gasteiger partial charge in [0.25, 0.3) is 0 Å². The summed E-state index contributed by atoms with van der Waals surface area (Å²) in [7, 11) is 1.92. The highest BCUT2D eigenvalue weighted by Crippen LogP contribution is 2.24. The fraction of sp³-hybridized carbons (Fsp3) is 0.333. The normalized spacial score (nSPS) is 11.2. The van der Waals surface area contributed by atoms with Crippen LogP contribution in [0.1, 0.15) is 26.7 Å². The first kappa shape index (κ1) is 14.2. The van der Waals surface area contributed by atoms with E-state index in [9.17, 15) is 4.79 Å². The molecule has 0 unspecified atom stereocenters. The second kappa shape index (κ2) is 5.85. The monoisotopic (exact) mass is 344 g/mol. The highest BCUT2D eigenvalue weighted by atomic mass is 79.9. The Hall–Kier alpha value is -1.18. The summed E-state index contributed by atoms with van der Waals surface area (Å²) < 4.78 is 6.02. The predicted octanol–water partition coefficient (Wildman–Crippen LogP) is 3.14. The van der Waals surface area contributed by atoms with Crippen LogP contribution in [0.4, 0.5) is 0 Å². The first-order valence-electron chi connectivity index (χ1n) is 5.58. The molecule has 0 aliphatic carbocycles. The van der Waals surface area contributed by atoms with Gasteiger partial charge in [0, 0.05) is 22.4 Å². The summed E-state index contributed by atoms with van der Waals surface area (Å²) in [5.41, 5.74) is 0.622. The van der Waals surface area contributed by atoms with Gasteiger partial charge < -0.3 is 9.63 Å². The van der Waals surface area contributed by atoms with Crippen molar-refractivity contribution in [2.24, 2.45) is 0 Å². The predicted molar refractivity (Wildman–Crippen MR) is 75.4 cm³/mol. The Balaban J connectivity index is 2.09. The third-order valence-electron chi connectivity index (χ3n) is 2.67. The molecule has 2 aromatic rings. The maximum absolute atomic E-state index is 11.1. The molecule has 0 amide bonds. The van der Waals surface area contributed by atoms with Crippen LogP contribution in [0.15, 0.2) is 20.4 Å². The van der Waals surface area contributed by atoms with E-state index >= 15 is 0 Å². The summed E-state index contributed by atoms with van der Waals surface area (Å²) in [6.45, 7) is 2.77. The van der Waals surface area contributed by atoms with E-state index in [-0.39, 0.29) is 5.56 Å². The summed E-state index contributed by atoms with van der Waals surface area (Å²) >= 11 is 5.13. The van der Waals surface area contributed by atoms with Crippen molar-refractivity contribution in [3.05, 3.63) is 37.8 Å². The van der Waals surface area contributed by atoms with E-state index in [0.29, 0.717) is 18.0 Å². The Kier molecular flexibility index (Phi) is 4.38. The zero-order valence-corrected chi connectivity index (χ0v) is 12.9. The molecule has 2 rings (SSSR count). The lowest BCUT2D eigenvalue weighted by atomic mass is 10.2. The van der Waals surface area contributed by atoms with Crippen molar-refractivity contribution < 1.29 is 14.4 Å². The summed E-state index contributed by atoms with van der Waals surface area (Å²) in [6.07, 6.45) is 0. The standard InChI is InChI=1S/C12H13BrN2O3S/c1-7-11(12(16)17)9(14-18-7)5-15(2)6-10-8(13)3-4-19-10/h3-4H,5-6H2,1-2H3,(H,16,17).